The Labute approximate surface area is 248 Å². The molecule has 0 radical (unpaired) electrons. The van der Waals surface area contributed by atoms with Crippen molar-refractivity contribution in [1.82, 2.24) is 14.9 Å². The Kier molecular flexibility index (Phi) is 8.16. The highest BCUT2D eigenvalue weighted by atomic mass is 35.5. The smallest absolute Gasteiger partial charge is 0.234 e. The first kappa shape index (κ1) is 29.5. The molecule has 218 valence electrons. The normalized spacial score (nSPS) is 17.4. The van der Waals surface area contributed by atoms with Crippen LogP contribution in [0.2, 0.25) is 5.02 Å². The first-order valence-corrected chi connectivity index (χ1v) is 15.0. The number of aromatic nitrogens is 2. The molecule has 0 bridgehead atoms. The van der Waals surface area contributed by atoms with Crippen LogP contribution >= 0.6 is 11.6 Å². The minimum absolute atomic E-state index is 0.0272. The van der Waals surface area contributed by atoms with Gasteiger partial charge in [0.25, 0.3) is 0 Å². The molecule has 0 saturated carbocycles. The lowest BCUT2D eigenvalue weighted by Crippen LogP contribution is -2.42. The second-order valence-electron chi connectivity index (χ2n) is 12.8. The van der Waals surface area contributed by atoms with Gasteiger partial charge in [-0.2, -0.15) is 0 Å². The van der Waals surface area contributed by atoms with Crippen LogP contribution in [-0.4, -0.2) is 51.1 Å². The van der Waals surface area contributed by atoms with E-state index in [-0.39, 0.29) is 5.91 Å². The van der Waals surface area contributed by atoms with Crippen molar-refractivity contribution >= 4 is 34.8 Å². The molecule has 2 aromatic carbocycles. The lowest BCUT2D eigenvalue weighted by Gasteiger charge is -2.36. The van der Waals surface area contributed by atoms with E-state index >= 15 is 0 Å². The van der Waals surface area contributed by atoms with Gasteiger partial charge in [0, 0.05) is 17.9 Å². The quantitative estimate of drug-likeness (QED) is 0.286. The number of nitrogens with one attached hydrogen (secondary N) is 2. The van der Waals surface area contributed by atoms with Gasteiger partial charge in [0.05, 0.1) is 27.9 Å². The third-order valence-electron chi connectivity index (χ3n) is 8.75. The maximum absolute atomic E-state index is 12.5. The van der Waals surface area contributed by atoms with Gasteiger partial charge < -0.3 is 20.6 Å². The number of likely N-dealkylation sites (tertiary alicyclic amines) is 1. The van der Waals surface area contributed by atoms with Crippen LogP contribution in [0.3, 0.4) is 0 Å². The number of amides is 1. The zero-order chi connectivity index (χ0) is 29.5. The largest absolute Gasteiger partial charge is 0.389 e. The number of fused-ring (bicyclic) bond motifs is 1. The fourth-order valence-electron chi connectivity index (χ4n) is 6.42. The number of aryl methyl sites for hydroxylation is 2. The summed E-state index contributed by atoms with van der Waals surface area (Å²) >= 11 is 6.53. The van der Waals surface area contributed by atoms with Gasteiger partial charge in [-0.1, -0.05) is 29.8 Å². The van der Waals surface area contributed by atoms with Crippen LogP contribution in [0, 0.1) is 13.8 Å². The molecule has 2 aliphatic rings. The van der Waals surface area contributed by atoms with Crippen molar-refractivity contribution in [2.75, 3.05) is 30.3 Å². The summed E-state index contributed by atoms with van der Waals surface area (Å²) in [5, 5.41) is 17.2. The van der Waals surface area contributed by atoms with E-state index in [1.54, 1.807) is 6.20 Å². The van der Waals surface area contributed by atoms with Crippen LogP contribution in [0.15, 0.2) is 36.5 Å². The molecule has 3 aromatic rings. The molecule has 1 amide bonds. The molecule has 0 atom stereocenters. The van der Waals surface area contributed by atoms with Crippen molar-refractivity contribution in [3.63, 3.8) is 0 Å². The molecule has 0 spiro atoms. The third-order valence-corrected chi connectivity index (χ3v) is 9.07. The number of hydrogen-bond donors (Lipinski definition) is 3. The summed E-state index contributed by atoms with van der Waals surface area (Å²) in [4.78, 5) is 24.1. The Balaban J connectivity index is 1.28. The SMILES string of the molecule is Cc1c(Nc2ncc(Cl)c(CCc3cccc4c3C(C)(C)C(=O)N4)n2)ccc(C2CCN(CC(C)(C)O)CC2)c1C. The number of piperidine rings is 1. The van der Waals surface area contributed by atoms with Crippen molar-refractivity contribution in [3.8, 4) is 0 Å². The number of carbonyl (C=O) groups excluding carboxylic acids is 1. The predicted octanol–water partition coefficient (Wildman–Crippen LogP) is 6.46. The number of benzene rings is 2. The Morgan fingerprint density at radius 1 is 1.12 bits per heavy atom. The highest BCUT2D eigenvalue weighted by Gasteiger charge is 2.39. The molecule has 2 aliphatic heterocycles. The van der Waals surface area contributed by atoms with Crippen molar-refractivity contribution < 1.29 is 9.90 Å². The topological polar surface area (TPSA) is 90.4 Å². The lowest BCUT2D eigenvalue weighted by molar-refractivity contribution is -0.119. The number of halogens is 1. The molecule has 3 N–H and O–H groups in total. The van der Waals surface area contributed by atoms with E-state index in [1.807, 2.05) is 39.8 Å². The molecule has 8 heteroatoms. The van der Waals surface area contributed by atoms with Gasteiger partial charge in [0.15, 0.2) is 0 Å². The Bertz CT molecular complexity index is 1450. The standard InChI is InChI=1S/C33H42ClN5O2/c1-20-21(2)26(13-11-24(20)22-14-16-39(17-15-22)19-32(3,4)41)37-31-35-18-25(34)27(38-31)12-10-23-8-7-9-28-29(23)33(5,6)30(40)36-28/h7-9,11,13,18,22,41H,10,12,14-17,19H2,1-6H3,(H,36,40)(H,35,37,38). The second kappa shape index (κ2) is 11.3. The highest BCUT2D eigenvalue weighted by molar-refractivity contribution is 6.31. The van der Waals surface area contributed by atoms with Gasteiger partial charge in [0.2, 0.25) is 11.9 Å². The summed E-state index contributed by atoms with van der Waals surface area (Å²) in [6, 6.07) is 10.4. The summed E-state index contributed by atoms with van der Waals surface area (Å²) in [6.07, 6.45) is 5.21. The molecule has 5 rings (SSSR count). The molecule has 41 heavy (non-hydrogen) atoms. The first-order valence-electron chi connectivity index (χ1n) is 14.6. The van der Waals surface area contributed by atoms with Crippen LogP contribution in [0.1, 0.15) is 80.0 Å². The van der Waals surface area contributed by atoms with E-state index in [0.29, 0.717) is 29.9 Å². The maximum atomic E-state index is 12.5. The van der Waals surface area contributed by atoms with E-state index in [0.717, 1.165) is 60.5 Å². The number of rotatable bonds is 8. The Hall–Kier alpha value is -3.00. The second-order valence-corrected chi connectivity index (χ2v) is 13.3. The zero-order valence-electron chi connectivity index (χ0n) is 25.1. The zero-order valence-corrected chi connectivity index (χ0v) is 25.8. The minimum Gasteiger partial charge on any atom is -0.389 e. The van der Waals surface area contributed by atoms with Crippen molar-refractivity contribution in [1.29, 1.82) is 0 Å². The summed E-state index contributed by atoms with van der Waals surface area (Å²) in [5.74, 6) is 1.07. The Morgan fingerprint density at radius 2 is 1.85 bits per heavy atom. The maximum Gasteiger partial charge on any atom is 0.234 e. The van der Waals surface area contributed by atoms with Crippen LogP contribution in [0.4, 0.5) is 17.3 Å². The summed E-state index contributed by atoms with van der Waals surface area (Å²) < 4.78 is 0. The van der Waals surface area contributed by atoms with Gasteiger partial charge in [-0.05, 0) is 126 Å². The van der Waals surface area contributed by atoms with E-state index in [9.17, 15) is 9.90 Å². The predicted molar refractivity (Wildman–Crippen MR) is 166 cm³/mol. The summed E-state index contributed by atoms with van der Waals surface area (Å²) in [7, 11) is 0. The molecule has 3 heterocycles. The molecule has 1 aromatic heterocycles. The summed E-state index contributed by atoms with van der Waals surface area (Å²) in [5.41, 5.74) is 7.52. The van der Waals surface area contributed by atoms with Crippen LogP contribution in [0.25, 0.3) is 0 Å². The molecule has 0 unspecified atom stereocenters. The Morgan fingerprint density at radius 3 is 2.56 bits per heavy atom. The van der Waals surface area contributed by atoms with E-state index in [4.69, 9.17) is 16.6 Å². The minimum atomic E-state index is -0.660. The van der Waals surface area contributed by atoms with Gasteiger partial charge in [-0.3, -0.25) is 4.79 Å². The molecule has 1 saturated heterocycles. The number of hydrogen-bond acceptors (Lipinski definition) is 6. The third kappa shape index (κ3) is 6.27. The molecular weight excluding hydrogens is 534 g/mol. The molecule has 7 nitrogen and oxygen atoms in total. The number of anilines is 3. The lowest BCUT2D eigenvalue weighted by atomic mass is 9.82. The van der Waals surface area contributed by atoms with Gasteiger partial charge in [-0.15, -0.1) is 0 Å². The van der Waals surface area contributed by atoms with Gasteiger partial charge >= 0.3 is 0 Å². The first-order chi connectivity index (χ1) is 19.3. The number of β-amino-alcohol motifs (C(OH)–C–C–N with tert-alkyl or cyclic N) is 1. The average Bonchev–Trinajstić information content (AvgIpc) is 3.15. The fraction of sp³-hybridized carbons (Fsp3) is 0.485. The van der Waals surface area contributed by atoms with Crippen LogP contribution in [-0.2, 0) is 23.1 Å². The van der Waals surface area contributed by atoms with Crippen LogP contribution < -0.4 is 10.6 Å². The monoisotopic (exact) mass is 575 g/mol. The summed E-state index contributed by atoms with van der Waals surface area (Å²) in [6.45, 7) is 14.8. The van der Waals surface area contributed by atoms with E-state index in [1.165, 1.54) is 16.7 Å². The number of carbonyl (C=O) groups is 1. The van der Waals surface area contributed by atoms with Gasteiger partial charge in [0.1, 0.15) is 0 Å². The van der Waals surface area contributed by atoms with Crippen molar-refractivity contribution in [3.05, 3.63) is 75.1 Å². The van der Waals surface area contributed by atoms with E-state index < -0.39 is 11.0 Å². The van der Waals surface area contributed by atoms with E-state index in [2.05, 4.69) is 52.6 Å². The number of aliphatic hydroxyl groups is 1. The van der Waals surface area contributed by atoms with Crippen molar-refractivity contribution in [2.24, 2.45) is 0 Å². The average molecular weight is 576 g/mol. The highest BCUT2D eigenvalue weighted by Crippen LogP contribution is 2.40. The fourth-order valence-corrected chi connectivity index (χ4v) is 6.61. The molecule has 1 fully saturated rings. The van der Waals surface area contributed by atoms with Crippen LogP contribution in [0.5, 0.6) is 0 Å². The van der Waals surface area contributed by atoms with Gasteiger partial charge in [-0.25, -0.2) is 9.97 Å². The number of nitrogens with zero attached hydrogens (tertiary/aromatic N) is 3. The van der Waals surface area contributed by atoms with Crippen molar-refractivity contribution in [2.45, 2.75) is 84.2 Å². The molecule has 0 aliphatic carbocycles. The molecular formula is C33H42ClN5O2.